The van der Waals surface area contributed by atoms with E-state index in [-0.39, 0.29) is 0 Å². The van der Waals surface area contributed by atoms with E-state index in [4.69, 9.17) is 0 Å². The number of pyridine rings is 1. The second-order valence-corrected chi connectivity index (χ2v) is 5.21. The predicted octanol–water partition coefficient (Wildman–Crippen LogP) is 2.08. The van der Waals surface area contributed by atoms with Crippen LogP contribution in [-0.2, 0) is 13.1 Å². The van der Waals surface area contributed by atoms with Crippen molar-refractivity contribution < 1.29 is 0 Å². The van der Waals surface area contributed by atoms with Crippen molar-refractivity contribution in [2.75, 3.05) is 0 Å². The van der Waals surface area contributed by atoms with Crippen LogP contribution < -0.4 is 5.32 Å². The summed E-state index contributed by atoms with van der Waals surface area (Å²) in [5, 5.41) is 3.39. The largest absolute Gasteiger partial charge is 0.328 e. The Labute approximate surface area is 118 Å². The van der Waals surface area contributed by atoms with Gasteiger partial charge in [0.05, 0.1) is 18.8 Å². The van der Waals surface area contributed by atoms with E-state index in [1.165, 1.54) is 0 Å². The van der Waals surface area contributed by atoms with Gasteiger partial charge in [-0.2, -0.15) is 0 Å². The highest BCUT2D eigenvalue weighted by molar-refractivity contribution is 5.39. The van der Waals surface area contributed by atoms with E-state index in [1.807, 2.05) is 41.2 Å². The standard InChI is InChI=1S/C15H19N5/c1-12(2)17-9-15-16-6-8-20(15)11-13-10-19-7-4-3-5-14(19)18-13/h3-8,10,12,17H,9,11H2,1-2H3. The van der Waals surface area contributed by atoms with E-state index in [9.17, 15) is 0 Å². The summed E-state index contributed by atoms with van der Waals surface area (Å²) >= 11 is 0. The second kappa shape index (κ2) is 5.46. The third-order valence-corrected chi connectivity index (χ3v) is 3.22. The summed E-state index contributed by atoms with van der Waals surface area (Å²) in [6, 6.07) is 6.48. The van der Waals surface area contributed by atoms with Crippen LogP contribution in [0.15, 0.2) is 43.0 Å². The summed E-state index contributed by atoms with van der Waals surface area (Å²) in [6.07, 6.45) is 7.92. The van der Waals surface area contributed by atoms with E-state index in [0.29, 0.717) is 6.04 Å². The van der Waals surface area contributed by atoms with Crippen molar-refractivity contribution in [3.8, 4) is 0 Å². The van der Waals surface area contributed by atoms with Gasteiger partial charge in [-0.25, -0.2) is 9.97 Å². The van der Waals surface area contributed by atoms with Crippen molar-refractivity contribution in [3.63, 3.8) is 0 Å². The lowest BCUT2D eigenvalue weighted by molar-refractivity contribution is 0.553. The molecule has 5 nitrogen and oxygen atoms in total. The molecule has 0 amide bonds. The summed E-state index contributed by atoms with van der Waals surface area (Å²) in [4.78, 5) is 9.02. The molecule has 0 saturated heterocycles. The van der Waals surface area contributed by atoms with Gasteiger partial charge in [0.15, 0.2) is 0 Å². The Morgan fingerprint density at radius 1 is 1.25 bits per heavy atom. The fourth-order valence-electron chi connectivity index (χ4n) is 2.18. The van der Waals surface area contributed by atoms with Crippen molar-refractivity contribution in [1.82, 2.24) is 24.3 Å². The van der Waals surface area contributed by atoms with Crippen LogP contribution in [0.4, 0.5) is 0 Å². The summed E-state index contributed by atoms with van der Waals surface area (Å²) in [5.41, 5.74) is 2.02. The maximum absolute atomic E-state index is 4.62. The average molecular weight is 269 g/mol. The van der Waals surface area contributed by atoms with Gasteiger partial charge in [0.2, 0.25) is 0 Å². The Morgan fingerprint density at radius 2 is 2.15 bits per heavy atom. The van der Waals surface area contributed by atoms with E-state index < -0.39 is 0 Å². The normalized spacial score (nSPS) is 11.6. The van der Waals surface area contributed by atoms with Gasteiger partial charge in [0.1, 0.15) is 11.5 Å². The third-order valence-electron chi connectivity index (χ3n) is 3.22. The zero-order chi connectivity index (χ0) is 13.9. The van der Waals surface area contributed by atoms with Crippen LogP contribution in [-0.4, -0.2) is 25.0 Å². The molecular formula is C15H19N5. The highest BCUT2D eigenvalue weighted by atomic mass is 15.1. The third kappa shape index (κ3) is 2.72. The first-order valence-electron chi connectivity index (χ1n) is 6.88. The number of hydrogen-bond donors (Lipinski definition) is 1. The topological polar surface area (TPSA) is 47.2 Å². The highest BCUT2D eigenvalue weighted by Crippen LogP contribution is 2.08. The van der Waals surface area contributed by atoms with Gasteiger partial charge in [-0.15, -0.1) is 0 Å². The maximum atomic E-state index is 4.62. The van der Waals surface area contributed by atoms with Crippen molar-refractivity contribution in [2.45, 2.75) is 33.0 Å². The molecule has 0 fully saturated rings. The first-order valence-corrected chi connectivity index (χ1v) is 6.88. The Morgan fingerprint density at radius 3 is 2.95 bits per heavy atom. The molecule has 3 aromatic rings. The number of aromatic nitrogens is 4. The van der Waals surface area contributed by atoms with Gasteiger partial charge in [-0.3, -0.25) is 0 Å². The van der Waals surface area contributed by atoms with E-state index in [1.54, 1.807) is 0 Å². The van der Waals surface area contributed by atoms with Crippen molar-refractivity contribution >= 4 is 5.65 Å². The molecule has 3 aromatic heterocycles. The first kappa shape index (κ1) is 12.9. The predicted molar refractivity (Wildman–Crippen MR) is 78.5 cm³/mol. The van der Waals surface area contributed by atoms with E-state index in [0.717, 1.165) is 30.3 Å². The van der Waals surface area contributed by atoms with E-state index >= 15 is 0 Å². The lowest BCUT2D eigenvalue weighted by Crippen LogP contribution is -2.24. The Balaban J connectivity index is 1.78. The minimum absolute atomic E-state index is 0.454. The summed E-state index contributed by atoms with van der Waals surface area (Å²) < 4.78 is 4.18. The van der Waals surface area contributed by atoms with Crippen molar-refractivity contribution in [1.29, 1.82) is 0 Å². The molecule has 0 aliphatic rings. The molecule has 3 heterocycles. The van der Waals surface area contributed by atoms with Crippen LogP contribution in [0.2, 0.25) is 0 Å². The minimum Gasteiger partial charge on any atom is -0.328 e. The fraction of sp³-hybridized carbons (Fsp3) is 0.333. The molecule has 0 radical (unpaired) electrons. The number of fused-ring (bicyclic) bond motifs is 1. The van der Waals surface area contributed by atoms with Crippen LogP contribution in [0.3, 0.4) is 0 Å². The molecule has 0 unspecified atom stereocenters. The number of hydrogen-bond acceptors (Lipinski definition) is 3. The van der Waals surface area contributed by atoms with Gasteiger partial charge in [0.25, 0.3) is 0 Å². The molecule has 1 N–H and O–H groups in total. The highest BCUT2D eigenvalue weighted by Gasteiger charge is 2.06. The van der Waals surface area contributed by atoms with Crippen LogP contribution in [0.5, 0.6) is 0 Å². The Bertz CT molecular complexity index is 662. The lowest BCUT2D eigenvalue weighted by Gasteiger charge is -2.09. The lowest BCUT2D eigenvalue weighted by atomic mass is 10.4. The molecular weight excluding hydrogens is 250 g/mol. The number of nitrogens with one attached hydrogen (secondary N) is 1. The van der Waals surface area contributed by atoms with Gasteiger partial charge in [0, 0.05) is 30.8 Å². The number of imidazole rings is 2. The van der Waals surface area contributed by atoms with Crippen molar-refractivity contribution in [2.24, 2.45) is 0 Å². The molecule has 0 aromatic carbocycles. The maximum Gasteiger partial charge on any atom is 0.137 e. The first-order chi connectivity index (χ1) is 9.72. The zero-order valence-corrected chi connectivity index (χ0v) is 11.8. The molecule has 0 aliphatic heterocycles. The summed E-state index contributed by atoms with van der Waals surface area (Å²) in [6.45, 7) is 5.79. The smallest absolute Gasteiger partial charge is 0.137 e. The molecule has 0 bridgehead atoms. The molecule has 5 heteroatoms. The van der Waals surface area contributed by atoms with Crippen LogP contribution in [0, 0.1) is 0 Å². The van der Waals surface area contributed by atoms with Gasteiger partial charge >= 0.3 is 0 Å². The molecule has 0 spiro atoms. The number of nitrogens with zero attached hydrogens (tertiary/aromatic N) is 4. The SMILES string of the molecule is CC(C)NCc1nccn1Cc1cn2ccccc2n1. The zero-order valence-electron chi connectivity index (χ0n) is 11.8. The second-order valence-electron chi connectivity index (χ2n) is 5.21. The summed E-state index contributed by atoms with van der Waals surface area (Å²) in [5.74, 6) is 1.04. The fourth-order valence-corrected chi connectivity index (χ4v) is 2.18. The van der Waals surface area contributed by atoms with Crippen molar-refractivity contribution in [3.05, 3.63) is 54.5 Å². The quantitative estimate of drug-likeness (QED) is 0.771. The summed E-state index contributed by atoms with van der Waals surface area (Å²) in [7, 11) is 0. The number of rotatable bonds is 5. The Hall–Kier alpha value is -2.14. The molecule has 0 aliphatic carbocycles. The van der Waals surface area contributed by atoms with Gasteiger partial charge < -0.3 is 14.3 Å². The molecule has 104 valence electrons. The molecule has 20 heavy (non-hydrogen) atoms. The molecule has 3 rings (SSSR count). The van der Waals surface area contributed by atoms with Gasteiger partial charge in [-0.05, 0) is 12.1 Å². The minimum atomic E-state index is 0.454. The van der Waals surface area contributed by atoms with Crippen LogP contribution >= 0.6 is 0 Å². The average Bonchev–Trinajstić information content (AvgIpc) is 3.02. The molecule has 0 atom stereocenters. The van der Waals surface area contributed by atoms with Crippen LogP contribution in [0.25, 0.3) is 5.65 Å². The van der Waals surface area contributed by atoms with Crippen LogP contribution in [0.1, 0.15) is 25.4 Å². The molecule has 0 saturated carbocycles. The monoisotopic (exact) mass is 269 g/mol. The van der Waals surface area contributed by atoms with Gasteiger partial charge in [-0.1, -0.05) is 19.9 Å². The van der Waals surface area contributed by atoms with E-state index in [2.05, 4.69) is 39.9 Å². The Kier molecular flexibility index (Phi) is 3.52.